The molecule has 1 aliphatic rings. The summed E-state index contributed by atoms with van der Waals surface area (Å²) in [5.41, 5.74) is 0.155. The largest absolute Gasteiger partial charge is 0.499 e. The summed E-state index contributed by atoms with van der Waals surface area (Å²) < 4.78 is 25.8. The molecule has 0 bridgehead atoms. The zero-order valence-corrected chi connectivity index (χ0v) is 12.5. The minimum absolute atomic E-state index is 0.196. The number of halogens is 1. The molecule has 1 aromatic heterocycles. The molecule has 1 fully saturated rings. The Morgan fingerprint density at radius 1 is 1.11 bits per heavy atom. The zero-order chi connectivity index (χ0) is 14.4. The first-order valence-electron chi connectivity index (χ1n) is 6.66. The smallest absolute Gasteiger partial charge is 0.399 e. The fraction of sp³-hybridized carbons (Fsp3) is 0.643. The Labute approximate surface area is 114 Å². The fourth-order valence-corrected chi connectivity index (χ4v) is 1.93. The van der Waals surface area contributed by atoms with Crippen LogP contribution in [0.4, 0.5) is 4.39 Å². The summed E-state index contributed by atoms with van der Waals surface area (Å²) in [6, 6.07) is 3.54. The molecule has 2 rings (SSSR count). The van der Waals surface area contributed by atoms with Crippen molar-refractivity contribution in [1.82, 2.24) is 4.98 Å². The minimum Gasteiger partial charge on any atom is -0.399 e. The van der Waals surface area contributed by atoms with E-state index in [1.54, 1.807) is 6.07 Å². The Kier molecular flexibility index (Phi) is 3.48. The van der Waals surface area contributed by atoms with Crippen LogP contribution in [0, 0.1) is 5.95 Å². The molecule has 1 aliphatic heterocycles. The third kappa shape index (κ3) is 2.54. The molecule has 0 unspecified atom stereocenters. The van der Waals surface area contributed by atoms with Crippen LogP contribution in [0.2, 0.25) is 0 Å². The van der Waals surface area contributed by atoms with E-state index >= 15 is 0 Å². The quantitative estimate of drug-likeness (QED) is 0.608. The topological polar surface area (TPSA) is 31.4 Å². The number of hydrogen-bond acceptors (Lipinski definition) is 3. The van der Waals surface area contributed by atoms with Gasteiger partial charge >= 0.3 is 7.12 Å². The van der Waals surface area contributed by atoms with Gasteiger partial charge in [-0.2, -0.15) is 4.39 Å². The van der Waals surface area contributed by atoms with Gasteiger partial charge in [0.1, 0.15) is 0 Å². The molecule has 1 aromatic rings. The average molecular weight is 265 g/mol. The van der Waals surface area contributed by atoms with Crippen molar-refractivity contribution in [3.63, 3.8) is 0 Å². The monoisotopic (exact) mass is 265 g/mol. The lowest BCUT2D eigenvalue weighted by molar-refractivity contribution is 0.00578. The maximum absolute atomic E-state index is 14.1. The standard InChI is InChI=1S/C14H21BFNO2/c1-9(2)11-8-7-10(12(16)17-11)15-18-13(3,4)14(5,6)19-15/h7-9H,1-6H3. The van der Waals surface area contributed by atoms with Crippen molar-refractivity contribution in [1.29, 1.82) is 0 Å². The molecular weight excluding hydrogens is 244 g/mol. The summed E-state index contributed by atoms with van der Waals surface area (Å²) in [7, 11) is -0.696. The van der Waals surface area contributed by atoms with E-state index in [9.17, 15) is 4.39 Å². The van der Waals surface area contributed by atoms with Gasteiger partial charge in [0, 0.05) is 11.2 Å². The highest BCUT2D eigenvalue weighted by molar-refractivity contribution is 6.62. The number of rotatable bonds is 2. The van der Waals surface area contributed by atoms with E-state index in [1.165, 1.54) is 0 Å². The van der Waals surface area contributed by atoms with Gasteiger partial charge in [0.05, 0.1) is 11.2 Å². The van der Waals surface area contributed by atoms with Gasteiger partial charge < -0.3 is 9.31 Å². The van der Waals surface area contributed by atoms with Crippen LogP contribution in [0.1, 0.15) is 53.2 Å². The van der Waals surface area contributed by atoms with Gasteiger partial charge in [0.15, 0.2) is 0 Å². The van der Waals surface area contributed by atoms with Gasteiger partial charge in [-0.1, -0.05) is 19.9 Å². The predicted molar refractivity (Wildman–Crippen MR) is 74.0 cm³/mol. The molecule has 0 radical (unpaired) electrons. The molecule has 0 aliphatic carbocycles. The number of nitrogens with zero attached hydrogens (tertiary/aromatic N) is 1. The molecule has 0 spiro atoms. The van der Waals surface area contributed by atoms with Crippen LogP contribution >= 0.6 is 0 Å². The van der Waals surface area contributed by atoms with Gasteiger partial charge in [0.2, 0.25) is 5.95 Å². The van der Waals surface area contributed by atoms with Crippen molar-refractivity contribution in [2.24, 2.45) is 0 Å². The third-order valence-corrected chi connectivity index (χ3v) is 4.00. The van der Waals surface area contributed by atoms with Crippen molar-refractivity contribution in [2.75, 3.05) is 0 Å². The van der Waals surface area contributed by atoms with Gasteiger partial charge in [-0.25, -0.2) is 4.98 Å². The fourth-order valence-electron chi connectivity index (χ4n) is 1.93. The van der Waals surface area contributed by atoms with Gasteiger partial charge in [-0.3, -0.25) is 0 Å². The summed E-state index contributed by atoms with van der Waals surface area (Å²) >= 11 is 0. The molecule has 0 aromatic carbocycles. The molecule has 0 saturated carbocycles. The number of hydrogen-bond donors (Lipinski definition) is 0. The highest BCUT2D eigenvalue weighted by Gasteiger charge is 2.52. The predicted octanol–water partition coefficient (Wildman–Crippen LogP) is 2.64. The lowest BCUT2D eigenvalue weighted by Crippen LogP contribution is -2.41. The Morgan fingerprint density at radius 3 is 2.05 bits per heavy atom. The molecule has 104 valence electrons. The molecule has 0 N–H and O–H groups in total. The van der Waals surface area contributed by atoms with Crippen molar-refractivity contribution < 1.29 is 13.7 Å². The summed E-state index contributed by atoms with van der Waals surface area (Å²) in [5.74, 6) is -0.313. The molecule has 0 amide bonds. The minimum atomic E-state index is -0.696. The normalized spacial score (nSPS) is 21.2. The van der Waals surface area contributed by atoms with Crippen molar-refractivity contribution in [3.8, 4) is 0 Å². The summed E-state index contributed by atoms with van der Waals surface area (Å²) in [5, 5.41) is 0. The van der Waals surface area contributed by atoms with Crippen LogP contribution in [0.25, 0.3) is 0 Å². The van der Waals surface area contributed by atoms with E-state index in [1.807, 2.05) is 47.6 Å². The first-order valence-corrected chi connectivity index (χ1v) is 6.66. The average Bonchev–Trinajstić information content (AvgIpc) is 2.47. The zero-order valence-electron chi connectivity index (χ0n) is 12.5. The number of pyridine rings is 1. The molecule has 19 heavy (non-hydrogen) atoms. The van der Waals surface area contributed by atoms with Crippen molar-refractivity contribution in [3.05, 3.63) is 23.8 Å². The van der Waals surface area contributed by atoms with E-state index < -0.39 is 24.3 Å². The molecule has 2 heterocycles. The van der Waals surface area contributed by atoms with Crippen LogP contribution in [0.5, 0.6) is 0 Å². The van der Waals surface area contributed by atoms with Crippen LogP contribution in [-0.2, 0) is 9.31 Å². The molecule has 5 heteroatoms. The third-order valence-electron chi connectivity index (χ3n) is 4.00. The van der Waals surface area contributed by atoms with Crippen LogP contribution in [-0.4, -0.2) is 23.3 Å². The summed E-state index contributed by atoms with van der Waals surface area (Å²) in [6.45, 7) is 11.7. The Balaban J connectivity index is 2.30. The molecule has 0 atom stereocenters. The molecule has 3 nitrogen and oxygen atoms in total. The van der Waals surface area contributed by atoms with E-state index in [4.69, 9.17) is 9.31 Å². The van der Waals surface area contributed by atoms with Crippen molar-refractivity contribution >= 4 is 12.6 Å². The molecule has 1 saturated heterocycles. The first kappa shape index (κ1) is 14.5. The van der Waals surface area contributed by atoms with Gasteiger partial charge in [-0.15, -0.1) is 0 Å². The van der Waals surface area contributed by atoms with Gasteiger partial charge in [-0.05, 0) is 39.7 Å². The van der Waals surface area contributed by atoms with E-state index in [2.05, 4.69) is 4.98 Å². The number of aromatic nitrogens is 1. The summed E-state index contributed by atoms with van der Waals surface area (Å²) in [6.07, 6.45) is 0. The Hall–Kier alpha value is -0.935. The van der Waals surface area contributed by atoms with E-state index in [-0.39, 0.29) is 5.92 Å². The summed E-state index contributed by atoms with van der Waals surface area (Å²) in [4.78, 5) is 3.99. The Morgan fingerprint density at radius 2 is 1.63 bits per heavy atom. The Bertz CT molecular complexity index is 472. The van der Waals surface area contributed by atoms with E-state index in [0.29, 0.717) is 5.46 Å². The highest BCUT2D eigenvalue weighted by atomic mass is 19.1. The maximum Gasteiger partial charge on any atom is 0.499 e. The van der Waals surface area contributed by atoms with Crippen LogP contribution < -0.4 is 5.46 Å². The second-order valence-corrected chi connectivity index (χ2v) is 6.36. The highest BCUT2D eigenvalue weighted by Crippen LogP contribution is 2.36. The van der Waals surface area contributed by atoms with Crippen molar-refractivity contribution in [2.45, 2.75) is 58.7 Å². The van der Waals surface area contributed by atoms with Gasteiger partial charge in [0.25, 0.3) is 0 Å². The van der Waals surface area contributed by atoms with E-state index in [0.717, 1.165) is 5.69 Å². The van der Waals surface area contributed by atoms with Crippen LogP contribution in [0.3, 0.4) is 0 Å². The lowest BCUT2D eigenvalue weighted by atomic mass is 9.79. The second-order valence-electron chi connectivity index (χ2n) is 6.36. The molecular formula is C14H21BFNO2. The lowest BCUT2D eigenvalue weighted by Gasteiger charge is -2.32. The maximum atomic E-state index is 14.1. The first-order chi connectivity index (χ1) is 8.64. The van der Waals surface area contributed by atoms with Crippen LogP contribution in [0.15, 0.2) is 12.1 Å². The SMILES string of the molecule is CC(C)c1ccc(B2OC(C)(C)C(C)(C)O2)c(F)n1. The second kappa shape index (κ2) is 4.56.